The first-order chi connectivity index (χ1) is 13.0. The summed E-state index contributed by atoms with van der Waals surface area (Å²) in [6.45, 7) is 0. The Hall–Kier alpha value is -3.41. The Labute approximate surface area is 155 Å². The van der Waals surface area contributed by atoms with E-state index in [4.69, 9.17) is 14.2 Å². The summed E-state index contributed by atoms with van der Waals surface area (Å²) in [7, 11) is 3.03. The molecule has 6 heteroatoms. The Kier molecular flexibility index (Phi) is 4.03. The number of Topliss-reactive ketones (excluding diaryl/α,β-unsaturated/α-hetero) is 2. The van der Waals surface area contributed by atoms with E-state index in [9.17, 15) is 14.4 Å². The summed E-state index contributed by atoms with van der Waals surface area (Å²) in [4.78, 5) is 38.1. The normalized spacial score (nSPS) is 18.6. The molecule has 0 saturated carbocycles. The summed E-state index contributed by atoms with van der Waals surface area (Å²) in [6.07, 6.45) is -0.0322. The van der Waals surface area contributed by atoms with Gasteiger partial charge in [-0.05, 0) is 17.7 Å². The Morgan fingerprint density at radius 1 is 0.889 bits per heavy atom. The van der Waals surface area contributed by atoms with Crippen molar-refractivity contribution < 1.29 is 28.6 Å². The van der Waals surface area contributed by atoms with Gasteiger partial charge in [-0.25, -0.2) is 0 Å². The quantitative estimate of drug-likeness (QED) is 0.779. The molecule has 0 amide bonds. The Morgan fingerprint density at radius 3 is 2.22 bits per heavy atom. The first-order valence-electron chi connectivity index (χ1n) is 8.40. The largest absolute Gasteiger partial charge is 0.493 e. The van der Waals surface area contributed by atoms with Crippen molar-refractivity contribution in [2.75, 3.05) is 14.2 Å². The molecule has 27 heavy (non-hydrogen) atoms. The van der Waals surface area contributed by atoms with Crippen LogP contribution in [0.15, 0.2) is 53.8 Å². The molecule has 0 spiro atoms. The number of ether oxygens (including phenoxy) is 3. The highest BCUT2D eigenvalue weighted by Gasteiger charge is 2.42. The molecule has 0 unspecified atom stereocenters. The number of carbonyl (C=O) groups is 3. The summed E-state index contributed by atoms with van der Waals surface area (Å²) in [5.74, 6) is -1.04. The standard InChI is InChI=1S/C21H16O6/c1-25-15-8-7-11(9-16(15)26-2)14-10-17(22)27-21-18(14)19(23)12-5-3-4-6-13(12)20(21)24/h3-9,14H,10H2,1-2H3/t14-/m1/s1. The molecule has 0 N–H and O–H groups in total. The van der Waals surface area contributed by atoms with E-state index in [1.54, 1.807) is 42.5 Å². The number of methoxy groups -OCH3 is 2. The van der Waals surface area contributed by atoms with Gasteiger partial charge >= 0.3 is 5.97 Å². The molecule has 0 aromatic heterocycles. The highest BCUT2D eigenvalue weighted by atomic mass is 16.5. The van der Waals surface area contributed by atoms with Crippen molar-refractivity contribution in [2.45, 2.75) is 12.3 Å². The van der Waals surface area contributed by atoms with Gasteiger partial charge in [-0.1, -0.05) is 30.3 Å². The molecule has 1 heterocycles. The second-order valence-electron chi connectivity index (χ2n) is 6.29. The van der Waals surface area contributed by atoms with E-state index in [1.807, 2.05) is 0 Å². The predicted octanol–water partition coefficient (Wildman–Crippen LogP) is 3.07. The lowest BCUT2D eigenvalue weighted by Gasteiger charge is -2.30. The third kappa shape index (κ3) is 2.61. The van der Waals surface area contributed by atoms with Gasteiger partial charge in [-0.3, -0.25) is 14.4 Å². The van der Waals surface area contributed by atoms with Crippen LogP contribution in [0.3, 0.4) is 0 Å². The molecule has 1 aliphatic heterocycles. The van der Waals surface area contributed by atoms with Crippen LogP contribution in [0.2, 0.25) is 0 Å². The molecular weight excluding hydrogens is 348 g/mol. The first kappa shape index (κ1) is 17.0. The number of fused-ring (bicyclic) bond motifs is 1. The highest BCUT2D eigenvalue weighted by molar-refractivity contribution is 6.27. The van der Waals surface area contributed by atoms with Gasteiger partial charge in [-0.2, -0.15) is 0 Å². The van der Waals surface area contributed by atoms with Crippen LogP contribution in [0, 0.1) is 0 Å². The fraction of sp³-hybridized carbons (Fsp3) is 0.190. The molecule has 1 atom stereocenters. The fourth-order valence-corrected chi connectivity index (χ4v) is 3.57. The topological polar surface area (TPSA) is 78.9 Å². The predicted molar refractivity (Wildman–Crippen MR) is 95.1 cm³/mol. The van der Waals surface area contributed by atoms with Crippen molar-refractivity contribution in [3.05, 3.63) is 70.5 Å². The van der Waals surface area contributed by atoms with Crippen LogP contribution in [0.25, 0.3) is 0 Å². The summed E-state index contributed by atoms with van der Waals surface area (Å²) >= 11 is 0. The minimum absolute atomic E-state index is 0.0322. The maximum atomic E-state index is 13.1. The highest BCUT2D eigenvalue weighted by Crippen LogP contribution is 2.43. The minimum atomic E-state index is -0.592. The second kappa shape index (κ2) is 6.39. The van der Waals surface area contributed by atoms with Crippen LogP contribution in [-0.2, 0) is 9.53 Å². The van der Waals surface area contributed by atoms with E-state index in [2.05, 4.69) is 0 Å². The van der Waals surface area contributed by atoms with Crippen molar-refractivity contribution in [3.8, 4) is 11.5 Å². The maximum Gasteiger partial charge on any atom is 0.312 e. The fourth-order valence-electron chi connectivity index (χ4n) is 3.57. The molecule has 1 aliphatic carbocycles. The van der Waals surface area contributed by atoms with Gasteiger partial charge in [0, 0.05) is 17.0 Å². The number of hydrogen-bond acceptors (Lipinski definition) is 6. The molecule has 0 fully saturated rings. The molecule has 0 bridgehead atoms. The molecule has 0 radical (unpaired) electrons. The van der Waals surface area contributed by atoms with Crippen molar-refractivity contribution in [2.24, 2.45) is 0 Å². The van der Waals surface area contributed by atoms with Crippen LogP contribution >= 0.6 is 0 Å². The van der Waals surface area contributed by atoms with Gasteiger partial charge in [0.05, 0.1) is 26.2 Å². The van der Waals surface area contributed by atoms with E-state index in [-0.39, 0.29) is 29.1 Å². The van der Waals surface area contributed by atoms with Gasteiger partial charge in [0.25, 0.3) is 0 Å². The number of hydrogen-bond donors (Lipinski definition) is 0. The number of benzene rings is 2. The van der Waals surface area contributed by atoms with Crippen LogP contribution in [0.1, 0.15) is 38.6 Å². The van der Waals surface area contributed by atoms with E-state index in [0.29, 0.717) is 22.6 Å². The lowest BCUT2D eigenvalue weighted by molar-refractivity contribution is -0.140. The molecule has 2 aliphatic rings. The zero-order valence-electron chi connectivity index (χ0n) is 14.8. The lowest BCUT2D eigenvalue weighted by atomic mass is 9.77. The number of ketones is 2. The maximum absolute atomic E-state index is 13.1. The SMILES string of the molecule is COc1ccc([C@H]2CC(=O)OC3=C2C(=O)c2ccccc2C3=O)cc1OC. The van der Waals surface area contributed by atoms with Crippen LogP contribution < -0.4 is 9.47 Å². The Balaban J connectivity index is 1.88. The van der Waals surface area contributed by atoms with E-state index >= 15 is 0 Å². The van der Waals surface area contributed by atoms with Gasteiger partial charge < -0.3 is 14.2 Å². The molecule has 2 aromatic carbocycles. The van der Waals surface area contributed by atoms with Gasteiger partial charge in [0.1, 0.15) is 0 Å². The third-order valence-electron chi connectivity index (χ3n) is 4.86. The van der Waals surface area contributed by atoms with E-state index in [1.165, 1.54) is 14.2 Å². The molecule has 136 valence electrons. The zero-order chi connectivity index (χ0) is 19.1. The average Bonchev–Trinajstić information content (AvgIpc) is 2.70. The first-order valence-corrected chi connectivity index (χ1v) is 8.40. The van der Waals surface area contributed by atoms with Crippen molar-refractivity contribution >= 4 is 17.5 Å². The summed E-state index contributed by atoms with van der Waals surface area (Å²) in [6, 6.07) is 11.7. The molecule has 6 nitrogen and oxygen atoms in total. The molecular formula is C21H16O6. The second-order valence-corrected chi connectivity index (χ2v) is 6.29. The smallest absolute Gasteiger partial charge is 0.312 e. The van der Waals surface area contributed by atoms with Gasteiger partial charge in [0.2, 0.25) is 5.78 Å². The van der Waals surface area contributed by atoms with Gasteiger partial charge in [-0.15, -0.1) is 0 Å². The van der Waals surface area contributed by atoms with Crippen LogP contribution in [0.4, 0.5) is 0 Å². The van der Waals surface area contributed by atoms with Crippen LogP contribution in [0.5, 0.6) is 11.5 Å². The lowest BCUT2D eigenvalue weighted by Crippen LogP contribution is -2.32. The number of esters is 1. The Bertz CT molecular complexity index is 1020. The number of rotatable bonds is 3. The third-order valence-corrected chi connectivity index (χ3v) is 4.86. The monoisotopic (exact) mass is 364 g/mol. The Morgan fingerprint density at radius 2 is 1.56 bits per heavy atom. The minimum Gasteiger partial charge on any atom is -0.493 e. The summed E-state index contributed by atoms with van der Waals surface area (Å²) < 4.78 is 15.8. The number of carbonyl (C=O) groups excluding carboxylic acids is 3. The van der Waals surface area contributed by atoms with Crippen molar-refractivity contribution in [3.63, 3.8) is 0 Å². The molecule has 2 aromatic rings. The molecule has 4 rings (SSSR count). The van der Waals surface area contributed by atoms with E-state index < -0.39 is 17.7 Å². The zero-order valence-corrected chi connectivity index (χ0v) is 14.8. The number of allylic oxidation sites excluding steroid dienone is 2. The van der Waals surface area contributed by atoms with Crippen LogP contribution in [-0.4, -0.2) is 31.8 Å². The van der Waals surface area contributed by atoms with Gasteiger partial charge in [0.15, 0.2) is 23.0 Å². The summed E-state index contributed by atoms with van der Waals surface area (Å²) in [5, 5.41) is 0. The summed E-state index contributed by atoms with van der Waals surface area (Å²) in [5.41, 5.74) is 1.47. The average molecular weight is 364 g/mol. The van der Waals surface area contributed by atoms with E-state index in [0.717, 1.165) is 0 Å². The molecule has 0 saturated heterocycles. The van der Waals surface area contributed by atoms with Crippen molar-refractivity contribution in [1.82, 2.24) is 0 Å². The van der Waals surface area contributed by atoms with Crippen molar-refractivity contribution in [1.29, 1.82) is 0 Å².